The van der Waals surface area contributed by atoms with Crippen molar-refractivity contribution >= 4 is 5.97 Å². The number of hydrogen-bond donors (Lipinski definition) is 3. The van der Waals surface area contributed by atoms with Crippen LogP contribution < -0.4 is 5.73 Å². The van der Waals surface area contributed by atoms with Gasteiger partial charge in [-0.05, 0) is 43.4 Å². The number of aromatic hydroxyl groups is 1. The standard InChI is InChI=1S/C12H15NO3/c1-6-4-8(12(15)16)5-9(11(6)14)10(13)7-2-3-7/h4-5,7,10,14H,2-3,13H2,1H3,(H,15,16)/t10-/m0/s1. The van der Waals surface area contributed by atoms with E-state index in [0.717, 1.165) is 12.8 Å². The minimum atomic E-state index is -0.993. The third kappa shape index (κ3) is 1.88. The van der Waals surface area contributed by atoms with Gasteiger partial charge in [-0.1, -0.05) is 0 Å². The lowest BCUT2D eigenvalue weighted by atomic mass is 9.97. The quantitative estimate of drug-likeness (QED) is 0.726. The van der Waals surface area contributed by atoms with Crippen LogP contribution in [0, 0.1) is 12.8 Å². The van der Waals surface area contributed by atoms with Gasteiger partial charge >= 0.3 is 5.97 Å². The summed E-state index contributed by atoms with van der Waals surface area (Å²) in [5.74, 6) is -0.480. The van der Waals surface area contributed by atoms with Gasteiger partial charge in [0.25, 0.3) is 0 Å². The molecule has 0 spiro atoms. The summed E-state index contributed by atoms with van der Waals surface area (Å²) in [6.45, 7) is 1.69. The van der Waals surface area contributed by atoms with Gasteiger partial charge in [0.1, 0.15) is 5.75 Å². The van der Waals surface area contributed by atoms with E-state index in [1.165, 1.54) is 12.1 Å². The molecule has 1 aromatic carbocycles. The lowest BCUT2D eigenvalue weighted by molar-refractivity contribution is 0.0696. The first-order valence-corrected chi connectivity index (χ1v) is 5.33. The lowest BCUT2D eigenvalue weighted by Crippen LogP contribution is -2.14. The van der Waals surface area contributed by atoms with Crippen LogP contribution in [0.1, 0.15) is 40.4 Å². The molecule has 1 saturated carbocycles. The first kappa shape index (κ1) is 11.0. The molecule has 1 aliphatic rings. The summed E-state index contributed by atoms with van der Waals surface area (Å²) in [6, 6.07) is 2.69. The van der Waals surface area contributed by atoms with Crippen molar-refractivity contribution in [2.24, 2.45) is 11.7 Å². The zero-order valence-electron chi connectivity index (χ0n) is 9.10. The number of phenols is 1. The van der Waals surface area contributed by atoms with Gasteiger partial charge in [-0.2, -0.15) is 0 Å². The van der Waals surface area contributed by atoms with Crippen molar-refractivity contribution in [1.29, 1.82) is 0 Å². The smallest absolute Gasteiger partial charge is 0.335 e. The van der Waals surface area contributed by atoms with E-state index < -0.39 is 5.97 Å². The van der Waals surface area contributed by atoms with Crippen molar-refractivity contribution < 1.29 is 15.0 Å². The number of aryl methyl sites for hydroxylation is 1. The van der Waals surface area contributed by atoms with E-state index in [1.807, 2.05) is 0 Å². The third-order valence-electron chi connectivity index (χ3n) is 3.07. The lowest BCUT2D eigenvalue weighted by Gasteiger charge is -2.15. The number of carboxylic acids is 1. The molecule has 4 nitrogen and oxygen atoms in total. The normalized spacial score (nSPS) is 17.1. The fraction of sp³-hybridized carbons (Fsp3) is 0.417. The van der Waals surface area contributed by atoms with Crippen LogP contribution in [0.5, 0.6) is 5.75 Å². The summed E-state index contributed by atoms with van der Waals surface area (Å²) in [6.07, 6.45) is 2.11. The zero-order valence-corrected chi connectivity index (χ0v) is 9.10. The minimum Gasteiger partial charge on any atom is -0.507 e. The Balaban J connectivity index is 2.45. The van der Waals surface area contributed by atoms with Gasteiger partial charge < -0.3 is 15.9 Å². The molecule has 4 heteroatoms. The molecule has 0 amide bonds. The largest absolute Gasteiger partial charge is 0.507 e. The molecule has 0 radical (unpaired) electrons. The Morgan fingerprint density at radius 3 is 2.62 bits per heavy atom. The summed E-state index contributed by atoms with van der Waals surface area (Å²) in [4.78, 5) is 10.9. The average molecular weight is 221 g/mol. The highest BCUT2D eigenvalue weighted by Crippen LogP contribution is 2.42. The third-order valence-corrected chi connectivity index (χ3v) is 3.07. The predicted octanol–water partition coefficient (Wildman–Crippen LogP) is 1.81. The van der Waals surface area contributed by atoms with Crippen LogP contribution in [0.15, 0.2) is 12.1 Å². The minimum absolute atomic E-state index is 0.129. The van der Waals surface area contributed by atoms with Gasteiger partial charge in [0, 0.05) is 11.6 Å². The van der Waals surface area contributed by atoms with E-state index in [9.17, 15) is 9.90 Å². The van der Waals surface area contributed by atoms with Gasteiger partial charge in [-0.15, -0.1) is 0 Å². The Labute approximate surface area is 93.7 Å². The molecule has 0 heterocycles. The Morgan fingerprint density at radius 2 is 2.12 bits per heavy atom. The fourth-order valence-electron chi connectivity index (χ4n) is 1.89. The maximum atomic E-state index is 10.9. The molecule has 2 rings (SSSR count). The van der Waals surface area contributed by atoms with Crippen molar-refractivity contribution in [1.82, 2.24) is 0 Å². The number of nitrogens with two attached hydrogens (primary N) is 1. The Kier molecular flexibility index (Phi) is 2.59. The molecule has 0 bridgehead atoms. The summed E-state index contributed by atoms with van der Waals surface area (Å²) >= 11 is 0. The topological polar surface area (TPSA) is 83.5 Å². The number of carboxylic acid groups (broad SMARTS) is 1. The van der Waals surface area contributed by atoms with E-state index in [0.29, 0.717) is 17.0 Å². The molecule has 0 aromatic heterocycles. The van der Waals surface area contributed by atoms with Crippen LogP contribution in [-0.4, -0.2) is 16.2 Å². The summed E-state index contributed by atoms with van der Waals surface area (Å²) in [5, 5.41) is 18.8. The first-order valence-electron chi connectivity index (χ1n) is 5.33. The Hall–Kier alpha value is -1.55. The second-order valence-corrected chi connectivity index (χ2v) is 4.40. The molecule has 4 N–H and O–H groups in total. The molecule has 1 fully saturated rings. The molecule has 86 valence electrons. The average Bonchev–Trinajstić information content (AvgIpc) is 3.04. The molecule has 1 aliphatic carbocycles. The van der Waals surface area contributed by atoms with Crippen molar-refractivity contribution in [3.05, 3.63) is 28.8 Å². The number of hydrogen-bond acceptors (Lipinski definition) is 3. The molecule has 0 unspecified atom stereocenters. The van der Waals surface area contributed by atoms with Gasteiger partial charge in [0.15, 0.2) is 0 Å². The fourth-order valence-corrected chi connectivity index (χ4v) is 1.89. The Bertz CT molecular complexity index is 438. The van der Waals surface area contributed by atoms with Crippen LogP contribution in [0.4, 0.5) is 0 Å². The zero-order chi connectivity index (χ0) is 11.9. The van der Waals surface area contributed by atoms with Crippen LogP contribution >= 0.6 is 0 Å². The molecule has 1 atom stereocenters. The molecule has 1 aromatic rings. The molecular weight excluding hydrogens is 206 g/mol. The molecule has 0 aliphatic heterocycles. The number of benzene rings is 1. The summed E-state index contributed by atoms with van der Waals surface area (Å²) in [7, 11) is 0. The van der Waals surface area contributed by atoms with E-state index in [1.54, 1.807) is 6.92 Å². The highest BCUT2D eigenvalue weighted by Gasteiger charge is 2.31. The van der Waals surface area contributed by atoms with Crippen LogP contribution in [0.2, 0.25) is 0 Å². The van der Waals surface area contributed by atoms with Gasteiger partial charge in [0.05, 0.1) is 5.56 Å². The SMILES string of the molecule is Cc1cc(C(=O)O)cc([C@@H](N)C2CC2)c1O. The van der Waals surface area contributed by atoms with E-state index in [-0.39, 0.29) is 17.4 Å². The van der Waals surface area contributed by atoms with Crippen molar-refractivity contribution in [2.75, 3.05) is 0 Å². The van der Waals surface area contributed by atoms with Crippen molar-refractivity contribution in [2.45, 2.75) is 25.8 Å². The van der Waals surface area contributed by atoms with E-state index >= 15 is 0 Å². The van der Waals surface area contributed by atoms with Crippen LogP contribution in [0.25, 0.3) is 0 Å². The first-order chi connectivity index (χ1) is 7.50. The molecule has 0 saturated heterocycles. The van der Waals surface area contributed by atoms with Gasteiger partial charge in [0.2, 0.25) is 0 Å². The van der Waals surface area contributed by atoms with Gasteiger partial charge in [-0.3, -0.25) is 0 Å². The van der Waals surface area contributed by atoms with Gasteiger partial charge in [-0.25, -0.2) is 4.79 Å². The maximum absolute atomic E-state index is 10.9. The highest BCUT2D eigenvalue weighted by molar-refractivity contribution is 5.88. The van der Waals surface area contributed by atoms with Crippen molar-refractivity contribution in [3.8, 4) is 5.75 Å². The van der Waals surface area contributed by atoms with Crippen LogP contribution in [0.3, 0.4) is 0 Å². The highest BCUT2D eigenvalue weighted by atomic mass is 16.4. The second-order valence-electron chi connectivity index (χ2n) is 4.40. The Morgan fingerprint density at radius 1 is 1.50 bits per heavy atom. The molecular formula is C12H15NO3. The van der Waals surface area contributed by atoms with E-state index in [2.05, 4.69) is 0 Å². The summed E-state index contributed by atoms with van der Waals surface area (Å²) in [5.41, 5.74) is 7.28. The molecule has 16 heavy (non-hydrogen) atoms. The maximum Gasteiger partial charge on any atom is 0.335 e. The monoisotopic (exact) mass is 221 g/mol. The summed E-state index contributed by atoms with van der Waals surface area (Å²) < 4.78 is 0. The van der Waals surface area contributed by atoms with E-state index in [4.69, 9.17) is 10.8 Å². The predicted molar refractivity (Wildman–Crippen MR) is 59.5 cm³/mol. The number of rotatable bonds is 3. The van der Waals surface area contributed by atoms with Crippen molar-refractivity contribution in [3.63, 3.8) is 0 Å². The number of phenolic OH excluding ortho intramolecular Hbond substituents is 1. The second kappa shape index (κ2) is 3.79. The number of aromatic carboxylic acids is 1. The number of carbonyl (C=O) groups is 1. The van der Waals surface area contributed by atoms with Crippen LogP contribution in [-0.2, 0) is 0 Å².